The van der Waals surface area contributed by atoms with Crippen LogP contribution in [0, 0.1) is 13.8 Å². The first kappa shape index (κ1) is 15.4. The summed E-state index contributed by atoms with van der Waals surface area (Å²) < 4.78 is 10.6. The summed E-state index contributed by atoms with van der Waals surface area (Å²) in [7, 11) is 3.12. The van der Waals surface area contributed by atoms with Crippen LogP contribution in [0.1, 0.15) is 21.5 Å². The molecule has 21 heavy (non-hydrogen) atoms. The minimum absolute atomic E-state index is 0.534. The second-order valence-corrected chi connectivity index (χ2v) is 5.24. The Hall–Kier alpha value is -2.00. The van der Waals surface area contributed by atoms with Crippen LogP contribution in [0.25, 0.3) is 11.1 Å². The fourth-order valence-corrected chi connectivity index (χ4v) is 2.51. The van der Waals surface area contributed by atoms with Gasteiger partial charge in [-0.25, -0.2) is 0 Å². The van der Waals surface area contributed by atoms with Crippen molar-refractivity contribution in [2.75, 3.05) is 14.2 Å². The molecule has 0 aliphatic heterocycles. The summed E-state index contributed by atoms with van der Waals surface area (Å²) in [5.74, 6) is 1.12. The molecule has 0 fully saturated rings. The fourth-order valence-electron chi connectivity index (χ4n) is 2.30. The molecule has 4 heteroatoms. The van der Waals surface area contributed by atoms with E-state index in [0.29, 0.717) is 22.1 Å². The van der Waals surface area contributed by atoms with E-state index in [-0.39, 0.29) is 0 Å². The van der Waals surface area contributed by atoms with Gasteiger partial charge in [0.1, 0.15) is 0 Å². The average molecular weight is 305 g/mol. The van der Waals surface area contributed by atoms with E-state index in [2.05, 4.69) is 0 Å². The van der Waals surface area contributed by atoms with Crippen LogP contribution < -0.4 is 9.47 Å². The van der Waals surface area contributed by atoms with E-state index >= 15 is 0 Å². The zero-order valence-electron chi connectivity index (χ0n) is 12.5. The van der Waals surface area contributed by atoms with Crippen molar-refractivity contribution in [2.45, 2.75) is 13.8 Å². The smallest absolute Gasteiger partial charge is 0.161 e. The van der Waals surface area contributed by atoms with Crippen LogP contribution in [0.15, 0.2) is 24.3 Å². The normalized spacial score (nSPS) is 10.3. The molecular weight excluding hydrogens is 288 g/mol. The first-order valence-electron chi connectivity index (χ1n) is 6.50. The monoisotopic (exact) mass is 304 g/mol. The standard InChI is InChI=1S/C17H17ClO3/c1-10-6-15(18)11(2)5-13(10)14-8-17(21-4)16(20-3)7-12(14)9-19/h5-9H,1-4H3. The zero-order valence-corrected chi connectivity index (χ0v) is 13.2. The largest absolute Gasteiger partial charge is 0.493 e. The topological polar surface area (TPSA) is 35.5 Å². The third kappa shape index (κ3) is 2.88. The third-order valence-electron chi connectivity index (χ3n) is 3.48. The van der Waals surface area contributed by atoms with Gasteiger partial charge in [-0.15, -0.1) is 0 Å². The Morgan fingerprint density at radius 1 is 0.905 bits per heavy atom. The van der Waals surface area contributed by atoms with Crippen LogP contribution in [0.4, 0.5) is 0 Å². The number of aldehydes is 1. The molecule has 0 aliphatic rings. The van der Waals surface area contributed by atoms with Crippen LogP contribution >= 0.6 is 11.6 Å². The number of ether oxygens (including phenoxy) is 2. The molecule has 0 unspecified atom stereocenters. The number of aryl methyl sites for hydroxylation is 2. The molecule has 2 rings (SSSR count). The van der Waals surface area contributed by atoms with E-state index in [4.69, 9.17) is 21.1 Å². The minimum Gasteiger partial charge on any atom is -0.493 e. The number of hydrogen-bond acceptors (Lipinski definition) is 3. The van der Waals surface area contributed by atoms with Crippen LogP contribution in [-0.2, 0) is 0 Å². The first-order chi connectivity index (χ1) is 10.0. The molecule has 0 atom stereocenters. The molecule has 2 aromatic rings. The Morgan fingerprint density at radius 3 is 2.10 bits per heavy atom. The van der Waals surface area contributed by atoms with Gasteiger partial charge in [0, 0.05) is 10.6 Å². The van der Waals surface area contributed by atoms with Gasteiger partial charge in [0.05, 0.1) is 14.2 Å². The van der Waals surface area contributed by atoms with Gasteiger partial charge < -0.3 is 9.47 Å². The quantitative estimate of drug-likeness (QED) is 0.783. The second kappa shape index (κ2) is 6.19. The lowest BCUT2D eigenvalue weighted by molar-refractivity contribution is 0.112. The van der Waals surface area contributed by atoms with Gasteiger partial charge in [-0.1, -0.05) is 11.6 Å². The summed E-state index contributed by atoms with van der Waals surface area (Å²) in [6, 6.07) is 7.38. The van der Waals surface area contributed by atoms with Crippen LogP contribution in [0.2, 0.25) is 5.02 Å². The van der Waals surface area contributed by atoms with Crippen molar-refractivity contribution in [2.24, 2.45) is 0 Å². The highest BCUT2D eigenvalue weighted by atomic mass is 35.5. The number of hydrogen-bond donors (Lipinski definition) is 0. The van der Waals surface area contributed by atoms with Crippen molar-refractivity contribution in [3.63, 3.8) is 0 Å². The van der Waals surface area contributed by atoms with E-state index in [1.807, 2.05) is 32.0 Å². The molecule has 2 aromatic carbocycles. The molecule has 0 bridgehead atoms. The highest BCUT2D eigenvalue weighted by Crippen LogP contribution is 2.37. The molecule has 0 heterocycles. The van der Waals surface area contributed by atoms with E-state index < -0.39 is 0 Å². The van der Waals surface area contributed by atoms with E-state index in [9.17, 15) is 4.79 Å². The lowest BCUT2D eigenvalue weighted by atomic mass is 9.94. The summed E-state index contributed by atoms with van der Waals surface area (Å²) in [5.41, 5.74) is 4.28. The van der Waals surface area contributed by atoms with Crippen molar-refractivity contribution in [1.29, 1.82) is 0 Å². The summed E-state index contributed by atoms with van der Waals surface area (Å²) in [6.07, 6.45) is 0.820. The molecule has 0 saturated carbocycles. The summed E-state index contributed by atoms with van der Waals surface area (Å²) in [4.78, 5) is 11.4. The maximum atomic E-state index is 11.4. The van der Waals surface area contributed by atoms with Crippen molar-refractivity contribution < 1.29 is 14.3 Å². The first-order valence-corrected chi connectivity index (χ1v) is 6.88. The Labute approximate surface area is 129 Å². The van der Waals surface area contributed by atoms with Crippen LogP contribution in [-0.4, -0.2) is 20.5 Å². The summed E-state index contributed by atoms with van der Waals surface area (Å²) in [6.45, 7) is 3.90. The van der Waals surface area contributed by atoms with Crippen molar-refractivity contribution in [3.05, 3.63) is 46.0 Å². The fraction of sp³-hybridized carbons (Fsp3) is 0.235. The number of carbonyl (C=O) groups is 1. The molecule has 0 aliphatic carbocycles. The zero-order chi connectivity index (χ0) is 15.6. The number of benzene rings is 2. The molecule has 110 valence electrons. The van der Waals surface area contributed by atoms with E-state index in [1.54, 1.807) is 20.3 Å². The predicted molar refractivity (Wildman–Crippen MR) is 84.9 cm³/mol. The summed E-state index contributed by atoms with van der Waals surface area (Å²) >= 11 is 6.14. The molecule has 0 N–H and O–H groups in total. The molecule has 0 radical (unpaired) electrons. The molecular formula is C17H17ClO3. The van der Waals surface area contributed by atoms with Gasteiger partial charge in [-0.05, 0) is 60.4 Å². The Kier molecular flexibility index (Phi) is 4.53. The third-order valence-corrected chi connectivity index (χ3v) is 3.89. The summed E-state index contributed by atoms with van der Waals surface area (Å²) in [5, 5.41) is 0.712. The number of carbonyl (C=O) groups excluding carboxylic acids is 1. The van der Waals surface area contributed by atoms with Crippen LogP contribution in [0.5, 0.6) is 11.5 Å². The number of halogens is 1. The molecule has 3 nitrogen and oxygen atoms in total. The van der Waals surface area contributed by atoms with Crippen molar-refractivity contribution >= 4 is 17.9 Å². The van der Waals surface area contributed by atoms with E-state index in [1.165, 1.54) is 0 Å². The van der Waals surface area contributed by atoms with Crippen LogP contribution in [0.3, 0.4) is 0 Å². The maximum absolute atomic E-state index is 11.4. The highest BCUT2D eigenvalue weighted by Gasteiger charge is 2.14. The Morgan fingerprint density at radius 2 is 1.52 bits per heavy atom. The lowest BCUT2D eigenvalue weighted by Crippen LogP contribution is -1.97. The molecule has 0 amide bonds. The van der Waals surface area contributed by atoms with Gasteiger partial charge in [0.2, 0.25) is 0 Å². The van der Waals surface area contributed by atoms with Crippen molar-refractivity contribution in [1.82, 2.24) is 0 Å². The number of methoxy groups -OCH3 is 2. The van der Waals surface area contributed by atoms with Gasteiger partial charge in [0.25, 0.3) is 0 Å². The van der Waals surface area contributed by atoms with Gasteiger partial charge in [-0.2, -0.15) is 0 Å². The lowest BCUT2D eigenvalue weighted by Gasteiger charge is -2.15. The van der Waals surface area contributed by atoms with Gasteiger partial charge >= 0.3 is 0 Å². The molecule has 0 aromatic heterocycles. The van der Waals surface area contributed by atoms with Gasteiger partial charge in [0.15, 0.2) is 17.8 Å². The second-order valence-electron chi connectivity index (χ2n) is 4.83. The van der Waals surface area contributed by atoms with E-state index in [0.717, 1.165) is 28.5 Å². The minimum atomic E-state index is 0.534. The molecule has 0 spiro atoms. The SMILES string of the molecule is COc1cc(C=O)c(-c2cc(C)c(Cl)cc2C)cc1OC. The van der Waals surface area contributed by atoms with Crippen molar-refractivity contribution in [3.8, 4) is 22.6 Å². The highest BCUT2D eigenvalue weighted by molar-refractivity contribution is 6.31. The Bertz CT molecular complexity index is 693. The predicted octanol–water partition coefficient (Wildman–Crippen LogP) is 4.45. The molecule has 0 saturated heterocycles. The maximum Gasteiger partial charge on any atom is 0.161 e. The van der Waals surface area contributed by atoms with Gasteiger partial charge in [-0.3, -0.25) is 4.79 Å². The number of rotatable bonds is 4. The Balaban J connectivity index is 2.73. The average Bonchev–Trinajstić information content (AvgIpc) is 2.49.